The van der Waals surface area contributed by atoms with Gasteiger partial charge in [0, 0.05) is 25.7 Å². The van der Waals surface area contributed by atoms with Gasteiger partial charge in [-0.2, -0.15) is 0 Å². The van der Waals surface area contributed by atoms with Crippen LogP contribution in [0.1, 0.15) is 323 Å². The number of ether oxygens (including phenoxy) is 4. The number of carbonyl (C=O) groups is 4. The van der Waals surface area contributed by atoms with Crippen LogP contribution in [0.2, 0.25) is 0 Å². The molecule has 0 spiro atoms. The Kier molecular flexibility index (Phi) is 71.4. The van der Waals surface area contributed by atoms with Gasteiger partial charge in [-0.1, -0.05) is 284 Å². The Morgan fingerprint density at radius 2 is 0.520 bits per heavy atom. The number of hydrogen-bond acceptors (Lipinski definition) is 15. The zero-order chi connectivity index (χ0) is 74.6. The minimum absolute atomic E-state index is 0.0112. The molecule has 0 bridgehead atoms. The maximum absolute atomic E-state index is 13.1. The van der Waals surface area contributed by atoms with Gasteiger partial charge in [-0.15, -0.1) is 0 Å². The van der Waals surface area contributed by atoms with Crippen molar-refractivity contribution in [2.24, 2.45) is 0 Å². The number of hydrogen-bond donors (Lipinski definition) is 3. The van der Waals surface area contributed by atoms with Gasteiger partial charge < -0.3 is 33.8 Å². The molecule has 0 heterocycles. The fourth-order valence-corrected chi connectivity index (χ4v) is 11.9. The molecule has 586 valence electrons. The predicted molar refractivity (Wildman–Crippen MR) is 418 cm³/mol. The van der Waals surface area contributed by atoms with Gasteiger partial charge in [0.25, 0.3) is 0 Å². The third-order valence-corrected chi connectivity index (χ3v) is 18.3. The van der Waals surface area contributed by atoms with E-state index in [4.69, 9.17) is 37.0 Å². The Hall–Kier alpha value is -4.54. The van der Waals surface area contributed by atoms with Crippen molar-refractivity contribution < 1.29 is 80.2 Å². The van der Waals surface area contributed by atoms with E-state index in [1.54, 1.807) is 0 Å². The molecule has 102 heavy (non-hydrogen) atoms. The number of phosphoric ester groups is 2. The number of unbranched alkanes of at least 4 members (excludes halogenated alkanes) is 28. The number of phosphoric acid groups is 2. The van der Waals surface area contributed by atoms with Crippen molar-refractivity contribution in [1.82, 2.24) is 0 Å². The van der Waals surface area contributed by atoms with Crippen LogP contribution in [-0.2, 0) is 65.4 Å². The molecule has 0 saturated carbocycles. The third kappa shape index (κ3) is 73.8. The first-order valence-electron chi connectivity index (χ1n) is 39.8. The number of rotatable bonds is 74. The fourth-order valence-electron chi connectivity index (χ4n) is 10.4. The Labute approximate surface area is 619 Å². The molecule has 3 N–H and O–H groups in total. The number of aliphatic hydroxyl groups is 1. The zero-order valence-corrected chi connectivity index (χ0v) is 65.8. The highest BCUT2D eigenvalue weighted by Gasteiger charge is 2.30. The van der Waals surface area contributed by atoms with Crippen molar-refractivity contribution in [3.8, 4) is 0 Å². The lowest BCUT2D eigenvalue weighted by Crippen LogP contribution is -2.30. The van der Waals surface area contributed by atoms with E-state index >= 15 is 0 Å². The summed E-state index contributed by atoms with van der Waals surface area (Å²) in [5, 5.41) is 10.6. The van der Waals surface area contributed by atoms with Crippen LogP contribution in [0.25, 0.3) is 0 Å². The largest absolute Gasteiger partial charge is 0.472 e. The SMILES string of the molecule is CC/C=C\C/C=C\C/C=C\C/C=C\CCCCCCC(=O)OC[C@H](COP(=O)(O)OCC(O)COP(=O)(O)OC[C@@H](COC(=O)CCCCCCC/C=C\C/C=C\CCCCC)OC(=O)CCCCCCCCCCCCCCC)OC(=O)CCC/C=C\C/C=C\C/C=C\C/C=C\CCCCC. The summed E-state index contributed by atoms with van der Waals surface area (Å²) in [6.07, 6.45) is 81.8. The zero-order valence-electron chi connectivity index (χ0n) is 64.0. The monoisotopic (exact) mass is 1470 g/mol. The molecule has 0 saturated heterocycles. The lowest BCUT2D eigenvalue weighted by atomic mass is 10.0. The average Bonchev–Trinajstić information content (AvgIpc) is 0.959. The minimum Gasteiger partial charge on any atom is -0.462 e. The first kappa shape index (κ1) is 97.5. The average molecular weight is 1470 g/mol. The van der Waals surface area contributed by atoms with E-state index in [0.29, 0.717) is 32.1 Å². The van der Waals surface area contributed by atoms with E-state index < -0.39 is 97.5 Å². The van der Waals surface area contributed by atoms with Gasteiger partial charge >= 0.3 is 39.5 Å². The summed E-state index contributed by atoms with van der Waals surface area (Å²) in [6, 6.07) is 0. The first-order chi connectivity index (χ1) is 49.7. The molecular weight excluding hydrogens is 1330 g/mol. The van der Waals surface area contributed by atoms with E-state index in [0.717, 1.165) is 148 Å². The number of esters is 4. The Morgan fingerprint density at radius 1 is 0.284 bits per heavy atom. The van der Waals surface area contributed by atoms with Crippen molar-refractivity contribution in [2.45, 2.75) is 341 Å². The molecule has 0 aromatic heterocycles. The topological polar surface area (TPSA) is 237 Å². The molecule has 0 rings (SSSR count). The molecule has 3 unspecified atom stereocenters. The predicted octanol–water partition coefficient (Wildman–Crippen LogP) is 23.1. The van der Waals surface area contributed by atoms with Crippen LogP contribution >= 0.6 is 15.6 Å². The molecule has 0 aromatic carbocycles. The smallest absolute Gasteiger partial charge is 0.462 e. The van der Waals surface area contributed by atoms with E-state index in [9.17, 15) is 43.2 Å². The summed E-state index contributed by atoms with van der Waals surface area (Å²) in [6.45, 7) is 4.62. The second kappa shape index (κ2) is 74.7. The van der Waals surface area contributed by atoms with Crippen molar-refractivity contribution in [3.05, 3.63) is 122 Å². The van der Waals surface area contributed by atoms with Gasteiger partial charge in [0.05, 0.1) is 26.4 Å². The van der Waals surface area contributed by atoms with Crippen molar-refractivity contribution in [3.63, 3.8) is 0 Å². The van der Waals surface area contributed by atoms with Crippen LogP contribution in [-0.4, -0.2) is 96.7 Å². The second-order valence-electron chi connectivity index (χ2n) is 26.3. The van der Waals surface area contributed by atoms with Crippen molar-refractivity contribution in [1.29, 1.82) is 0 Å². The van der Waals surface area contributed by atoms with Crippen molar-refractivity contribution >= 4 is 39.5 Å². The Balaban J connectivity index is 5.44. The van der Waals surface area contributed by atoms with Gasteiger partial charge in [-0.05, 0) is 135 Å². The molecule has 0 aromatic rings. The third-order valence-electron chi connectivity index (χ3n) is 16.4. The van der Waals surface area contributed by atoms with Crippen molar-refractivity contribution in [2.75, 3.05) is 39.6 Å². The van der Waals surface area contributed by atoms with Crippen LogP contribution in [0.3, 0.4) is 0 Å². The van der Waals surface area contributed by atoms with Crippen LogP contribution in [0.15, 0.2) is 122 Å². The normalized spacial score (nSPS) is 14.5. The van der Waals surface area contributed by atoms with Gasteiger partial charge in [0.1, 0.15) is 19.3 Å². The molecule has 0 aliphatic rings. The molecule has 17 nitrogen and oxygen atoms in total. The molecule has 0 amide bonds. The molecule has 0 aliphatic carbocycles. The van der Waals surface area contributed by atoms with Gasteiger partial charge in [0.15, 0.2) is 12.2 Å². The summed E-state index contributed by atoms with van der Waals surface area (Å²) < 4.78 is 68.5. The summed E-state index contributed by atoms with van der Waals surface area (Å²) in [4.78, 5) is 73.0. The summed E-state index contributed by atoms with van der Waals surface area (Å²) in [5.74, 6) is -2.27. The number of allylic oxidation sites excluding steroid dienone is 20. The molecule has 5 atom stereocenters. The van der Waals surface area contributed by atoms with E-state index in [-0.39, 0.29) is 25.7 Å². The van der Waals surface area contributed by atoms with E-state index in [1.165, 1.54) is 89.9 Å². The summed E-state index contributed by atoms with van der Waals surface area (Å²) in [7, 11) is -9.98. The molecule has 0 radical (unpaired) electrons. The lowest BCUT2D eigenvalue weighted by molar-refractivity contribution is -0.161. The van der Waals surface area contributed by atoms with Gasteiger partial charge in [0.2, 0.25) is 0 Å². The first-order valence-corrected chi connectivity index (χ1v) is 42.8. The van der Waals surface area contributed by atoms with E-state index in [2.05, 4.69) is 137 Å². The van der Waals surface area contributed by atoms with Gasteiger partial charge in [-0.25, -0.2) is 9.13 Å². The Morgan fingerprint density at radius 3 is 0.843 bits per heavy atom. The minimum atomic E-state index is -5.00. The standard InChI is InChI=1S/C83H142O17P2/c1-5-9-13-17-21-25-29-33-36-38-41-45-48-52-56-60-64-68-81(86)94-74-79(100-83(88)70-66-62-58-54-50-46-42-39-37-34-30-26-22-18-14-10-6-2)76-98-102(91,92)96-72-77(84)71-95-101(89,90)97-75-78(99-82(87)69-65-61-57-53-49-43-32-28-24-20-16-12-8-4)73-93-80(85)67-63-59-55-51-47-44-40-35-31-27-23-19-15-11-7-3/h9,13,21-23,25-27,33-37,40-42,45-46,54,58,77-79,84H,5-8,10-12,14-20,24,28-32,38-39,43-44,47-53,55-57,59-76H2,1-4H3,(H,89,90)(H,91,92)/b13-9-,25-21-,26-22-,27-23-,36-33-,37-34-,40-35-,45-41-,46-42-,58-54-/t77?,78-,79-/m1/s1. The second-order valence-corrected chi connectivity index (χ2v) is 29.2. The quantitative estimate of drug-likeness (QED) is 0.0169. The molecule has 19 heteroatoms. The van der Waals surface area contributed by atoms with Crippen LogP contribution in [0, 0.1) is 0 Å². The highest BCUT2D eigenvalue weighted by molar-refractivity contribution is 7.47. The number of carbonyl (C=O) groups excluding carboxylic acids is 4. The Bertz CT molecular complexity index is 2410. The van der Waals surface area contributed by atoms with Crippen LogP contribution in [0.4, 0.5) is 0 Å². The van der Waals surface area contributed by atoms with Crippen LogP contribution < -0.4 is 0 Å². The van der Waals surface area contributed by atoms with Gasteiger partial charge in [-0.3, -0.25) is 37.3 Å². The highest BCUT2D eigenvalue weighted by Crippen LogP contribution is 2.45. The summed E-state index contributed by atoms with van der Waals surface area (Å²) >= 11 is 0. The lowest BCUT2D eigenvalue weighted by Gasteiger charge is -2.21. The summed E-state index contributed by atoms with van der Waals surface area (Å²) in [5.41, 5.74) is 0. The van der Waals surface area contributed by atoms with Crippen LogP contribution in [0.5, 0.6) is 0 Å². The number of aliphatic hydroxyl groups excluding tert-OH is 1. The highest BCUT2D eigenvalue weighted by atomic mass is 31.2. The molecule has 0 aliphatic heterocycles. The maximum atomic E-state index is 13.1. The fraction of sp³-hybridized carbons (Fsp3) is 0.711. The maximum Gasteiger partial charge on any atom is 0.472 e. The molecule has 0 fully saturated rings. The van der Waals surface area contributed by atoms with E-state index in [1.807, 2.05) is 12.2 Å². The molecular formula is C83H142O17P2.